The van der Waals surface area contributed by atoms with Gasteiger partial charge in [-0.1, -0.05) is 0 Å². The van der Waals surface area contributed by atoms with Crippen LogP contribution in [0.15, 0.2) is 18.2 Å². The highest BCUT2D eigenvalue weighted by Crippen LogP contribution is 2.34. The summed E-state index contributed by atoms with van der Waals surface area (Å²) < 4.78 is 40.8. The average molecular weight is 369 g/mol. The number of benzene rings is 1. The molecule has 2 N–H and O–H groups in total. The first-order chi connectivity index (χ1) is 12.1. The Morgan fingerprint density at radius 1 is 1.31 bits per heavy atom. The number of aliphatic carboxylic acids is 1. The van der Waals surface area contributed by atoms with Gasteiger partial charge in [0, 0.05) is 17.6 Å². The number of fused-ring (bicyclic) bond motifs is 1. The van der Waals surface area contributed by atoms with Gasteiger partial charge in [0.2, 0.25) is 5.82 Å². The van der Waals surface area contributed by atoms with E-state index in [1.165, 1.54) is 18.2 Å². The van der Waals surface area contributed by atoms with Crippen molar-refractivity contribution >= 4 is 22.9 Å². The van der Waals surface area contributed by atoms with Gasteiger partial charge in [0.05, 0.1) is 17.0 Å². The zero-order chi connectivity index (χ0) is 19.2. The second-order valence-electron chi connectivity index (χ2n) is 6.78. The van der Waals surface area contributed by atoms with Crippen LogP contribution in [0.4, 0.5) is 13.2 Å². The number of amides is 1. The van der Waals surface area contributed by atoms with Crippen LogP contribution in [0.5, 0.6) is 0 Å². The highest BCUT2D eigenvalue weighted by atomic mass is 19.4. The van der Waals surface area contributed by atoms with Crippen LogP contribution in [0, 0.1) is 5.92 Å². The first-order valence-corrected chi connectivity index (χ1v) is 8.20. The number of hydrogen-bond acceptors (Lipinski definition) is 3. The molecule has 0 atom stereocenters. The molecule has 1 aromatic heterocycles. The summed E-state index contributed by atoms with van der Waals surface area (Å²) in [7, 11) is 0. The topological polar surface area (TPSA) is 84.2 Å². The molecule has 3 rings (SSSR count). The molecule has 9 heteroatoms. The van der Waals surface area contributed by atoms with E-state index in [0.29, 0.717) is 18.4 Å². The third-order valence-corrected chi connectivity index (χ3v) is 4.54. The fraction of sp³-hybridized carbons (Fsp3) is 0.471. The molecular formula is C17H18F3N3O3. The Kier molecular flexibility index (Phi) is 4.41. The molecule has 1 aliphatic carbocycles. The smallest absolute Gasteiger partial charge is 0.449 e. The Morgan fingerprint density at radius 2 is 1.96 bits per heavy atom. The Balaban J connectivity index is 1.85. The predicted octanol–water partition coefficient (Wildman–Crippen LogP) is 3.23. The van der Waals surface area contributed by atoms with E-state index in [1.807, 2.05) is 0 Å². The largest absolute Gasteiger partial charge is 0.481 e. The number of rotatable bonds is 4. The lowest BCUT2D eigenvalue weighted by Crippen LogP contribution is -2.46. The maximum atomic E-state index is 13.2. The van der Waals surface area contributed by atoms with Crippen molar-refractivity contribution in [3.8, 4) is 0 Å². The molecule has 1 fully saturated rings. The number of halogens is 3. The SMILES string of the molecule is CC(C)n1c(C(F)(F)F)nc2cc(C(=O)NC3CC(C(=O)O)C3)ccc21. The standard InChI is InChI=1S/C17H18F3N3O3/c1-8(2)23-13-4-3-9(7-12(13)22-16(23)17(18,19)20)14(24)21-11-5-10(6-11)15(25)26/h3-4,7-8,10-11H,5-6H2,1-2H3,(H,21,24)(H,25,26). The Morgan fingerprint density at radius 3 is 2.50 bits per heavy atom. The first-order valence-electron chi connectivity index (χ1n) is 8.20. The van der Waals surface area contributed by atoms with Gasteiger partial charge < -0.3 is 15.0 Å². The molecule has 1 aliphatic rings. The average Bonchev–Trinajstić information content (AvgIpc) is 2.88. The number of imidazole rings is 1. The molecule has 0 saturated heterocycles. The molecule has 140 valence electrons. The van der Waals surface area contributed by atoms with E-state index in [4.69, 9.17) is 5.11 Å². The van der Waals surface area contributed by atoms with E-state index in [9.17, 15) is 22.8 Å². The van der Waals surface area contributed by atoms with Crippen LogP contribution in [0.1, 0.15) is 48.9 Å². The molecule has 1 amide bonds. The van der Waals surface area contributed by atoms with Crippen molar-refractivity contribution in [3.63, 3.8) is 0 Å². The fourth-order valence-corrected chi connectivity index (χ4v) is 3.17. The molecule has 1 heterocycles. The highest BCUT2D eigenvalue weighted by molar-refractivity contribution is 5.97. The Hall–Kier alpha value is -2.58. The molecule has 0 radical (unpaired) electrons. The number of aromatic nitrogens is 2. The van der Waals surface area contributed by atoms with Crippen molar-refractivity contribution < 1.29 is 27.9 Å². The second-order valence-corrected chi connectivity index (χ2v) is 6.78. The van der Waals surface area contributed by atoms with Crippen LogP contribution in [0.2, 0.25) is 0 Å². The van der Waals surface area contributed by atoms with E-state index in [-0.39, 0.29) is 17.1 Å². The number of hydrogen-bond donors (Lipinski definition) is 2. The third kappa shape index (κ3) is 3.25. The quantitative estimate of drug-likeness (QED) is 0.867. The van der Waals surface area contributed by atoms with Crippen LogP contribution < -0.4 is 5.32 Å². The van der Waals surface area contributed by atoms with Crippen LogP contribution in [-0.2, 0) is 11.0 Å². The molecule has 2 aromatic rings. The van der Waals surface area contributed by atoms with E-state index in [2.05, 4.69) is 10.3 Å². The lowest BCUT2D eigenvalue weighted by atomic mass is 9.80. The van der Waals surface area contributed by atoms with Crippen molar-refractivity contribution in [1.82, 2.24) is 14.9 Å². The Labute approximate surface area is 147 Å². The van der Waals surface area contributed by atoms with Crippen LogP contribution in [0.3, 0.4) is 0 Å². The van der Waals surface area contributed by atoms with Crippen LogP contribution in [-0.4, -0.2) is 32.6 Å². The maximum Gasteiger partial charge on any atom is 0.449 e. The van der Waals surface area contributed by atoms with Crippen molar-refractivity contribution in [2.45, 2.75) is 44.9 Å². The minimum atomic E-state index is -4.59. The number of carboxylic acid groups (broad SMARTS) is 1. The lowest BCUT2D eigenvalue weighted by Gasteiger charge is -2.32. The zero-order valence-corrected chi connectivity index (χ0v) is 14.2. The van der Waals surface area contributed by atoms with E-state index in [1.54, 1.807) is 13.8 Å². The monoisotopic (exact) mass is 369 g/mol. The van der Waals surface area contributed by atoms with Crippen LogP contribution >= 0.6 is 0 Å². The second kappa shape index (κ2) is 6.30. The molecule has 0 spiro atoms. The molecule has 6 nitrogen and oxygen atoms in total. The molecule has 1 aromatic carbocycles. The summed E-state index contributed by atoms with van der Waals surface area (Å²) in [5.41, 5.74) is 0.590. The van der Waals surface area contributed by atoms with Gasteiger partial charge in [0.15, 0.2) is 0 Å². The van der Waals surface area contributed by atoms with E-state index < -0.39 is 35.8 Å². The lowest BCUT2D eigenvalue weighted by molar-refractivity contribution is -0.147. The van der Waals surface area contributed by atoms with Crippen molar-refractivity contribution in [2.75, 3.05) is 0 Å². The predicted molar refractivity (Wildman–Crippen MR) is 86.7 cm³/mol. The van der Waals surface area contributed by atoms with Gasteiger partial charge in [0.1, 0.15) is 0 Å². The van der Waals surface area contributed by atoms with Gasteiger partial charge in [-0.3, -0.25) is 9.59 Å². The minimum absolute atomic E-state index is 0.0932. The summed E-state index contributed by atoms with van der Waals surface area (Å²) in [5.74, 6) is -2.80. The van der Waals surface area contributed by atoms with Crippen LogP contribution in [0.25, 0.3) is 11.0 Å². The van der Waals surface area contributed by atoms with Crippen molar-refractivity contribution in [3.05, 3.63) is 29.6 Å². The first kappa shape index (κ1) is 18.2. The highest BCUT2D eigenvalue weighted by Gasteiger charge is 2.38. The molecule has 26 heavy (non-hydrogen) atoms. The number of carboxylic acids is 1. The Bertz CT molecular complexity index is 867. The maximum absolute atomic E-state index is 13.2. The molecule has 0 unspecified atom stereocenters. The number of carbonyl (C=O) groups excluding carboxylic acids is 1. The van der Waals surface area contributed by atoms with E-state index >= 15 is 0 Å². The number of nitrogens with one attached hydrogen (secondary N) is 1. The van der Waals surface area contributed by atoms with Gasteiger partial charge in [-0.2, -0.15) is 13.2 Å². The van der Waals surface area contributed by atoms with Gasteiger partial charge in [-0.15, -0.1) is 0 Å². The summed E-state index contributed by atoms with van der Waals surface area (Å²) in [5, 5.41) is 11.5. The number of carbonyl (C=O) groups is 2. The van der Waals surface area contributed by atoms with E-state index in [0.717, 1.165) is 4.57 Å². The third-order valence-electron chi connectivity index (χ3n) is 4.54. The normalized spacial score (nSPS) is 20.2. The van der Waals surface area contributed by atoms with Gasteiger partial charge in [-0.25, -0.2) is 4.98 Å². The molecule has 1 saturated carbocycles. The van der Waals surface area contributed by atoms with Gasteiger partial charge in [0.25, 0.3) is 5.91 Å². The summed E-state index contributed by atoms with van der Waals surface area (Å²) in [4.78, 5) is 26.7. The van der Waals surface area contributed by atoms with Crippen molar-refractivity contribution in [1.29, 1.82) is 0 Å². The van der Waals surface area contributed by atoms with Crippen molar-refractivity contribution in [2.24, 2.45) is 5.92 Å². The van der Waals surface area contributed by atoms with Gasteiger partial charge in [-0.05, 0) is 44.9 Å². The summed E-state index contributed by atoms with van der Waals surface area (Å²) in [6.07, 6.45) is -3.89. The summed E-state index contributed by atoms with van der Waals surface area (Å²) >= 11 is 0. The number of nitrogens with zero attached hydrogens (tertiary/aromatic N) is 2. The summed E-state index contributed by atoms with van der Waals surface area (Å²) in [6.45, 7) is 3.26. The molecule has 0 bridgehead atoms. The molecule has 0 aliphatic heterocycles. The van der Waals surface area contributed by atoms with Gasteiger partial charge >= 0.3 is 12.1 Å². The summed E-state index contributed by atoms with van der Waals surface area (Å²) in [6, 6.07) is 3.54. The molecular weight excluding hydrogens is 351 g/mol. The fourth-order valence-electron chi connectivity index (χ4n) is 3.17. The zero-order valence-electron chi connectivity index (χ0n) is 14.2. The number of alkyl halides is 3. The minimum Gasteiger partial charge on any atom is -0.481 e.